The number of hydrogen-bond acceptors (Lipinski definition) is 2. The molecule has 1 N–H and O–H groups in total. The number of benzene rings is 2. The van der Waals surface area contributed by atoms with Gasteiger partial charge in [-0.2, -0.15) is 0 Å². The molecule has 0 aliphatic carbocycles. The number of aromatic amines is 1. The van der Waals surface area contributed by atoms with Crippen LogP contribution in [0.1, 0.15) is 22.8 Å². The quantitative estimate of drug-likeness (QED) is 0.652. The highest BCUT2D eigenvalue weighted by molar-refractivity contribution is 6.42. The van der Waals surface area contributed by atoms with E-state index in [2.05, 4.69) is 9.97 Å². The molecule has 3 nitrogen and oxygen atoms in total. The number of H-pyrrole nitrogens is 1. The lowest BCUT2D eigenvalue weighted by molar-refractivity contribution is 0.319. The second-order valence-electron chi connectivity index (χ2n) is 5.59. The Kier molecular flexibility index (Phi) is 5.44. The molecule has 0 aliphatic rings. The molecule has 0 fully saturated rings. The Morgan fingerprint density at radius 3 is 2.58 bits per heavy atom. The summed E-state index contributed by atoms with van der Waals surface area (Å²) in [5, 5.41) is 1.14. The van der Waals surface area contributed by atoms with Gasteiger partial charge in [0.1, 0.15) is 11.6 Å². The molecule has 124 valence electrons. The summed E-state index contributed by atoms with van der Waals surface area (Å²) in [4.78, 5) is 8.00. The Hall–Kier alpha value is -1.97. The number of para-hydroxylation sites is 1. The molecule has 0 aliphatic heterocycles. The van der Waals surface area contributed by atoms with E-state index in [4.69, 9.17) is 27.9 Å². The number of aromatic nitrogens is 2. The Balaban J connectivity index is 1.61. The maximum Gasteiger partial charge on any atom is 0.119 e. The maximum absolute atomic E-state index is 6.08. The zero-order valence-electron chi connectivity index (χ0n) is 13.4. The van der Waals surface area contributed by atoms with Crippen molar-refractivity contribution in [3.05, 3.63) is 81.4 Å². The average Bonchev–Trinajstić information content (AvgIpc) is 2.92. The number of hydrogen-bond donors (Lipinski definition) is 1. The van der Waals surface area contributed by atoms with E-state index in [1.54, 1.807) is 0 Å². The van der Waals surface area contributed by atoms with Gasteiger partial charge in [-0.1, -0.05) is 47.5 Å². The van der Waals surface area contributed by atoms with Gasteiger partial charge < -0.3 is 9.72 Å². The average molecular weight is 361 g/mol. The number of imidazole rings is 1. The van der Waals surface area contributed by atoms with Gasteiger partial charge in [-0.3, -0.25) is 0 Å². The maximum atomic E-state index is 6.08. The number of aryl methyl sites for hydroxylation is 1. The van der Waals surface area contributed by atoms with Crippen LogP contribution in [0.3, 0.4) is 0 Å². The second-order valence-corrected chi connectivity index (χ2v) is 6.41. The van der Waals surface area contributed by atoms with Gasteiger partial charge in [-0.15, -0.1) is 0 Å². The van der Waals surface area contributed by atoms with Gasteiger partial charge in [0.15, 0.2) is 0 Å². The van der Waals surface area contributed by atoms with Crippen LogP contribution in [0.5, 0.6) is 5.75 Å². The number of ether oxygens (including phenoxy) is 1. The summed E-state index contributed by atoms with van der Waals surface area (Å²) in [6, 6.07) is 15.5. The van der Waals surface area contributed by atoms with E-state index < -0.39 is 0 Å². The smallest absolute Gasteiger partial charge is 0.119 e. The number of nitrogens with one attached hydrogen (secondary N) is 1. The third kappa shape index (κ3) is 4.31. The SMILES string of the molecule is Cc1[nH]c(CCOc2ccccc2)nc1Cc1ccc(Cl)c(Cl)c1. The molecule has 0 saturated heterocycles. The van der Waals surface area contributed by atoms with Gasteiger partial charge in [-0.25, -0.2) is 4.98 Å². The van der Waals surface area contributed by atoms with Crippen molar-refractivity contribution in [2.45, 2.75) is 19.8 Å². The van der Waals surface area contributed by atoms with Crippen LogP contribution in [-0.2, 0) is 12.8 Å². The minimum Gasteiger partial charge on any atom is -0.493 e. The number of halogens is 2. The first kappa shape index (κ1) is 16.9. The largest absolute Gasteiger partial charge is 0.493 e. The molecule has 0 atom stereocenters. The van der Waals surface area contributed by atoms with Crippen LogP contribution >= 0.6 is 23.2 Å². The molecule has 1 aromatic heterocycles. The molecule has 0 bridgehead atoms. The van der Waals surface area contributed by atoms with E-state index in [9.17, 15) is 0 Å². The number of rotatable bonds is 6. The van der Waals surface area contributed by atoms with Gasteiger partial charge in [0.05, 0.1) is 22.3 Å². The highest BCUT2D eigenvalue weighted by Gasteiger charge is 2.09. The first-order valence-corrected chi connectivity index (χ1v) is 8.53. The summed E-state index contributed by atoms with van der Waals surface area (Å²) < 4.78 is 5.71. The monoisotopic (exact) mass is 360 g/mol. The molecule has 0 radical (unpaired) electrons. The van der Waals surface area contributed by atoms with Gasteiger partial charge in [-0.05, 0) is 36.8 Å². The molecule has 0 unspecified atom stereocenters. The van der Waals surface area contributed by atoms with E-state index in [0.29, 0.717) is 16.7 Å². The highest BCUT2D eigenvalue weighted by atomic mass is 35.5. The fourth-order valence-electron chi connectivity index (χ4n) is 2.48. The van der Waals surface area contributed by atoms with Gasteiger partial charge in [0.25, 0.3) is 0 Å². The van der Waals surface area contributed by atoms with Gasteiger partial charge in [0.2, 0.25) is 0 Å². The molecule has 3 rings (SSSR count). The fourth-order valence-corrected chi connectivity index (χ4v) is 2.80. The van der Waals surface area contributed by atoms with Crippen LogP contribution in [0.4, 0.5) is 0 Å². The molecule has 3 aromatic rings. The van der Waals surface area contributed by atoms with Crippen molar-refractivity contribution in [2.75, 3.05) is 6.61 Å². The van der Waals surface area contributed by atoms with Crippen molar-refractivity contribution in [3.63, 3.8) is 0 Å². The van der Waals surface area contributed by atoms with E-state index in [1.807, 2.05) is 55.5 Å². The van der Waals surface area contributed by atoms with Crippen molar-refractivity contribution in [1.29, 1.82) is 0 Å². The van der Waals surface area contributed by atoms with Crippen molar-refractivity contribution in [1.82, 2.24) is 9.97 Å². The summed E-state index contributed by atoms with van der Waals surface area (Å²) in [5.74, 6) is 1.80. The summed E-state index contributed by atoms with van der Waals surface area (Å²) in [5.41, 5.74) is 3.17. The lowest BCUT2D eigenvalue weighted by atomic mass is 10.1. The molecule has 5 heteroatoms. The molecule has 24 heavy (non-hydrogen) atoms. The van der Waals surface area contributed by atoms with E-state index in [1.165, 1.54) is 0 Å². The second kappa shape index (κ2) is 7.73. The molecular weight excluding hydrogens is 343 g/mol. The standard InChI is InChI=1S/C19H18Cl2N2O/c1-13-18(12-14-7-8-16(20)17(21)11-14)23-19(22-13)9-10-24-15-5-3-2-4-6-15/h2-8,11H,9-10,12H2,1H3,(H,22,23). The van der Waals surface area contributed by atoms with Gasteiger partial charge in [0, 0.05) is 18.5 Å². The van der Waals surface area contributed by atoms with Gasteiger partial charge >= 0.3 is 0 Å². The third-order valence-electron chi connectivity index (χ3n) is 3.74. The van der Waals surface area contributed by atoms with Crippen molar-refractivity contribution in [2.24, 2.45) is 0 Å². The molecule has 0 amide bonds. The van der Waals surface area contributed by atoms with Crippen LogP contribution in [-0.4, -0.2) is 16.6 Å². The van der Waals surface area contributed by atoms with E-state index in [-0.39, 0.29) is 0 Å². The lowest BCUT2D eigenvalue weighted by Gasteiger charge is -2.04. The molecule has 2 aromatic carbocycles. The summed E-state index contributed by atoms with van der Waals surface area (Å²) in [6.07, 6.45) is 1.45. The Morgan fingerprint density at radius 1 is 1.04 bits per heavy atom. The summed E-state index contributed by atoms with van der Waals surface area (Å²) in [7, 11) is 0. The van der Waals surface area contributed by atoms with Crippen LogP contribution in [0.25, 0.3) is 0 Å². The number of nitrogens with zero attached hydrogens (tertiary/aromatic N) is 1. The Bertz CT molecular complexity index is 815. The zero-order valence-corrected chi connectivity index (χ0v) is 14.9. The first-order chi connectivity index (χ1) is 11.6. The topological polar surface area (TPSA) is 37.9 Å². The van der Waals surface area contributed by atoms with Crippen molar-refractivity contribution < 1.29 is 4.74 Å². The lowest BCUT2D eigenvalue weighted by Crippen LogP contribution is -2.02. The normalized spacial score (nSPS) is 10.8. The van der Waals surface area contributed by atoms with E-state index in [0.717, 1.165) is 41.4 Å². The molecular formula is C19H18Cl2N2O. The first-order valence-electron chi connectivity index (χ1n) is 7.78. The summed E-state index contributed by atoms with van der Waals surface area (Å²) in [6.45, 7) is 2.62. The highest BCUT2D eigenvalue weighted by Crippen LogP contribution is 2.24. The Morgan fingerprint density at radius 2 is 1.83 bits per heavy atom. The summed E-state index contributed by atoms with van der Waals surface area (Å²) >= 11 is 12.0. The van der Waals surface area contributed by atoms with Crippen LogP contribution < -0.4 is 4.74 Å². The van der Waals surface area contributed by atoms with Crippen LogP contribution in [0.2, 0.25) is 10.0 Å². The molecule has 1 heterocycles. The van der Waals surface area contributed by atoms with Crippen molar-refractivity contribution >= 4 is 23.2 Å². The molecule has 0 saturated carbocycles. The van der Waals surface area contributed by atoms with E-state index >= 15 is 0 Å². The fraction of sp³-hybridized carbons (Fsp3) is 0.211. The van der Waals surface area contributed by atoms with Crippen molar-refractivity contribution in [3.8, 4) is 5.75 Å². The molecule has 0 spiro atoms. The Labute approximate surface area is 151 Å². The minimum atomic E-state index is 0.568. The predicted molar refractivity (Wildman–Crippen MR) is 98.2 cm³/mol. The third-order valence-corrected chi connectivity index (χ3v) is 4.48. The van der Waals surface area contributed by atoms with Crippen LogP contribution in [0.15, 0.2) is 48.5 Å². The predicted octanol–water partition coefficient (Wildman–Crippen LogP) is 5.24. The zero-order chi connectivity index (χ0) is 16.9. The van der Waals surface area contributed by atoms with Crippen LogP contribution in [0, 0.1) is 6.92 Å². The minimum absolute atomic E-state index is 0.568.